The first-order chi connectivity index (χ1) is 9.51. The van der Waals surface area contributed by atoms with E-state index in [0.717, 1.165) is 17.8 Å². The maximum absolute atomic E-state index is 10.2. The lowest BCUT2D eigenvalue weighted by Crippen LogP contribution is -2.29. The van der Waals surface area contributed by atoms with Gasteiger partial charge in [0.05, 0.1) is 0 Å². The number of nitrogens with one attached hydrogen (secondary N) is 1. The molecule has 1 unspecified atom stereocenters. The number of allylic oxidation sites excluding steroid dienone is 1. The first kappa shape index (κ1) is 16.3. The van der Waals surface area contributed by atoms with Crippen molar-refractivity contribution in [3.63, 3.8) is 0 Å². The van der Waals surface area contributed by atoms with E-state index in [1.807, 2.05) is 6.08 Å². The molecule has 0 aromatic heterocycles. The summed E-state index contributed by atoms with van der Waals surface area (Å²) in [6.45, 7) is 16.2. The van der Waals surface area contributed by atoms with Gasteiger partial charge < -0.3 is 10.2 Å². The lowest BCUT2D eigenvalue weighted by Gasteiger charge is -2.28. The van der Waals surface area contributed by atoms with E-state index in [4.69, 9.17) is 0 Å². The predicted molar refractivity (Wildman–Crippen MR) is 85.3 cm³/mol. The van der Waals surface area contributed by atoms with Crippen LogP contribution in [0.5, 0.6) is 0 Å². The van der Waals surface area contributed by atoms with Gasteiger partial charge in [-0.2, -0.15) is 0 Å². The maximum atomic E-state index is 10.2. The molecule has 3 heteroatoms. The van der Waals surface area contributed by atoms with Crippen LogP contribution in [0.15, 0.2) is 47.7 Å². The van der Waals surface area contributed by atoms with Crippen molar-refractivity contribution in [1.82, 2.24) is 10.2 Å². The van der Waals surface area contributed by atoms with E-state index < -0.39 is 0 Å². The summed E-state index contributed by atoms with van der Waals surface area (Å²) in [7, 11) is 0. The van der Waals surface area contributed by atoms with Gasteiger partial charge in [0.1, 0.15) is 0 Å². The number of carbonyl (C=O) groups excluding carboxylic acids is 1. The van der Waals surface area contributed by atoms with Crippen LogP contribution in [-0.2, 0) is 4.79 Å². The van der Waals surface area contributed by atoms with Gasteiger partial charge in [0.15, 0.2) is 0 Å². The first-order valence-electron chi connectivity index (χ1n) is 7.19. The van der Waals surface area contributed by atoms with Crippen LogP contribution in [0.25, 0.3) is 0 Å². The van der Waals surface area contributed by atoms with Gasteiger partial charge in [-0.1, -0.05) is 38.7 Å². The summed E-state index contributed by atoms with van der Waals surface area (Å²) in [6.07, 6.45) is 7.06. The van der Waals surface area contributed by atoms with Crippen LogP contribution in [0, 0.1) is 0 Å². The van der Waals surface area contributed by atoms with Crippen molar-refractivity contribution in [3.05, 3.63) is 47.7 Å². The molecule has 1 atom stereocenters. The van der Waals surface area contributed by atoms with Gasteiger partial charge in [-0.25, -0.2) is 0 Å². The molecule has 1 rings (SSSR count). The SMILES string of the molecule is C=C(/C=C\C1=C(C)CN(C(C)CCC)C1=C)CNC=O. The van der Waals surface area contributed by atoms with Crippen molar-refractivity contribution in [3.8, 4) is 0 Å². The molecule has 0 saturated heterocycles. The Labute approximate surface area is 122 Å². The fourth-order valence-corrected chi connectivity index (χ4v) is 2.50. The molecule has 0 saturated carbocycles. The van der Waals surface area contributed by atoms with Crippen molar-refractivity contribution in [2.45, 2.75) is 39.7 Å². The zero-order valence-electron chi connectivity index (χ0n) is 12.9. The summed E-state index contributed by atoms with van der Waals surface area (Å²) in [5.74, 6) is 0. The van der Waals surface area contributed by atoms with Gasteiger partial charge in [-0.15, -0.1) is 0 Å². The number of carbonyl (C=O) groups is 1. The summed E-state index contributed by atoms with van der Waals surface area (Å²) in [4.78, 5) is 12.6. The third-order valence-corrected chi connectivity index (χ3v) is 3.66. The quantitative estimate of drug-likeness (QED) is 0.544. The van der Waals surface area contributed by atoms with E-state index in [9.17, 15) is 4.79 Å². The fourth-order valence-electron chi connectivity index (χ4n) is 2.50. The molecule has 1 amide bonds. The first-order valence-corrected chi connectivity index (χ1v) is 7.19. The number of hydrogen-bond donors (Lipinski definition) is 1. The second kappa shape index (κ2) is 7.73. The van der Waals surface area contributed by atoms with Crippen LogP contribution in [0.2, 0.25) is 0 Å². The van der Waals surface area contributed by atoms with Crippen molar-refractivity contribution in [2.75, 3.05) is 13.1 Å². The number of hydrogen-bond acceptors (Lipinski definition) is 2. The summed E-state index contributed by atoms with van der Waals surface area (Å²) >= 11 is 0. The maximum Gasteiger partial charge on any atom is 0.207 e. The molecule has 0 bridgehead atoms. The predicted octanol–water partition coefficient (Wildman–Crippen LogP) is 3.18. The van der Waals surface area contributed by atoms with E-state index in [2.05, 4.69) is 50.2 Å². The Morgan fingerprint density at radius 2 is 2.25 bits per heavy atom. The van der Waals surface area contributed by atoms with Gasteiger partial charge in [0, 0.05) is 24.8 Å². The largest absolute Gasteiger partial charge is 0.365 e. The Morgan fingerprint density at radius 1 is 1.55 bits per heavy atom. The van der Waals surface area contributed by atoms with Gasteiger partial charge in [0.2, 0.25) is 6.41 Å². The Balaban J connectivity index is 2.69. The molecule has 0 aromatic carbocycles. The Morgan fingerprint density at radius 3 is 2.85 bits per heavy atom. The van der Waals surface area contributed by atoms with E-state index in [1.165, 1.54) is 24.0 Å². The molecule has 3 nitrogen and oxygen atoms in total. The molecule has 20 heavy (non-hydrogen) atoms. The molecular weight excluding hydrogens is 248 g/mol. The highest BCUT2D eigenvalue weighted by Gasteiger charge is 2.24. The highest BCUT2D eigenvalue weighted by atomic mass is 16.1. The van der Waals surface area contributed by atoms with Gasteiger partial charge in [-0.05, 0) is 37.0 Å². The fraction of sp³-hybridized carbons (Fsp3) is 0.471. The normalized spacial score (nSPS) is 16.9. The zero-order valence-corrected chi connectivity index (χ0v) is 12.9. The molecule has 110 valence electrons. The van der Waals surface area contributed by atoms with Crippen LogP contribution in [0.1, 0.15) is 33.6 Å². The smallest absolute Gasteiger partial charge is 0.207 e. The molecule has 0 spiro atoms. The Hall–Kier alpha value is -1.77. The molecular formula is C17H26N2O. The minimum atomic E-state index is 0.481. The van der Waals surface area contributed by atoms with E-state index in [1.54, 1.807) is 0 Å². The summed E-state index contributed by atoms with van der Waals surface area (Å²) in [6, 6.07) is 0.522. The van der Waals surface area contributed by atoms with Crippen molar-refractivity contribution in [1.29, 1.82) is 0 Å². The Bertz CT molecular complexity index is 446. The van der Waals surface area contributed by atoms with Crippen molar-refractivity contribution in [2.24, 2.45) is 0 Å². The van der Waals surface area contributed by atoms with Crippen LogP contribution in [-0.4, -0.2) is 30.4 Å². The lowest BCUT2D eigenvalue weighted by atomic mass is 10.1. The second-order valence-corrected chi connectivity index (χ2v) is 5.40. The zero-order chi connectivity index (χ0) is 15.1. The molecule has 1 aliphatic heterocycles. The van der Waals surface area contributed by atoms with E-state index in [-0.39, 0.29) is 0 Å². The molecule has 1 N–H and O–H groups in total. The van der Waals surface area contributed by atoms with Crippen LogP contribution < -0.4 is 5.32 Å². The van der Waals surface area contributed by atoms with Crippen molar-refractivity contribution >= 4 is 6.41 Å². The summed E-state index contributed by atoms with van der Waals surface area (Å²) in [5, 5.41) is 2.61. The van der Waals surface area contributed by atoms with Gasteiger partial charge in [-0.3, -0.25) is 4.79 Å². The average Bonchev–Trinajstić information content (AvgIpc) is 2.70. The number of amides is 1. The summed E-state index contributed by atoms with van der Waals surface area (Å²) < 4.78 is 0. The molecule has 1 heterocycles. The molecule has 1 aliphatic rings. The minimum Gasteiger partial charge on any atom is -0.365 e. The highest BCUT2D eigenvalue weighted by molar-refractivity contribution is 5.49. The van der Waals surface area contributed by atoms with Gasteiger partial charge in [0.25, 0.3) is 0 Å². The second-order valence-electron chi connectivity index (χ2n) is 5.40. The standard InChI is InChI=1S/C17H26N2O/c1-6-7-15(4)19-11-14(3)17(16(19)5)9-8-13(2)10-18-12-20/h8-9,12,15H,2,5-7,10-11H2,1,3-4H3,(H,18,20)/b9-8-. The van der Waals surface area contributed by atoms with Crippen LogP contribution in [0.3, 0.4) is 0 Å². The van der Waals surface area contributed by atoms with Gasteiger partial charge >= 0.3 is 0 Å². The summed E-state index contributed by atoms with van der Waals surface area (Å²) in [5.41, 5.74) is 4.51. The monoisotopic (exact) mass is 274 g/mol. The van der Waals surface area contributed by atoms with Crippen LogP contribution in [0.4, 0.5) is 0 Å². The van der Waals surface area contributed by atoms with Crippen LogP contribution >= 0.6 is 0 Å². The Kier molecular flexibility index (Phi) is 6.29. The van der Waals surface area contributed by atoms with E-state index in [0.29, 0.717) is 19.0 Å². The average molecular weight is 274 g/mol. The third kappa shape index (κ3) is 4.12. The topological polar surface area (TPSA) is 32.3 Å². The van der Waals surface area contributed by atoms with Crippen molar-refractivity contribution < 1.29 is 4.79 Å². The highest BCUT2D eigenvalue weighted by Crippen LogP contribution is 2.30. The lowest BCUT2D eigenvalue weighted by molar-refractivity contribution is -0.109. The number of nitrogens with zero attached hydrogens (tertiary/aromatic N) is 1. The molecule has 0 aliphatic carbocycles. The molecule has 0 radical (unpaired) electrons. The number of rotatable bonds is 8. The third-order valence-electron chi connectivity index (χ3n) is 3.66. The minimum absolute atomic E-state index is 0.481. The molecule has 0 fully saturated rings. The molecule has 0 aromatic rings. The van der Waals surface area contributed by atoms with E-state index >= 15 is 0 Å².